The third-order valence-corrected chi connectivity index (χ3v) is 2.37. The molecule has 0 aromatic carbocycles. The summed E-state index contributed by atoms with van der Waals surface area (Å²) in [5, 5.41) is 16.8. The number of aliphatic hydroxyl groups excluding tert-OH is 1. The normalized spacial score (nSPS) is 13.1. The van der Waals surface area contributed by atoms with Crippen LogP contribution in [-0.2, 0) is 24.8 Å². The Hall–Kier alpha value is -0.940. The molecule has 0 aliphatic heterocycles. The summed E-state index contributed by atoms with van der Waals surface area (Å²) in [4.78, 5) is 0. The van der Waals surface area contributed by atoms with Crippen LogP contribution in [0.3, 0.4) is 0 Å². The molecule has 1 heterocycles. The maximum absolute atomic E-state index is 8.91. The van der Waals surface area contributed by atoms with Gasteiger partial charge in [-0.15, -0.1) is 10.2 Å². The molecule has 80 valence electrons. The van der Waals surface area contributed by atoms with Crippen LogP contribution in [0.4, 0.5) is 0 Å². The van der Waals surface area contributed by atoms with E-state index in [1.54, 1.807) is 7.11 Å². The van der Waals surface area contributed by atoms with Crippen molar-refractivity contribution in [3.8, 4) is 0 Å². The molecule has 1 unspecified atom stereocenters. The van der Waals surface area contributed by atoms with E-state index in [0.29, 0.717) is 5.82 Å². The van der Waals surface area contributed by atoms with Gasteiger partial charge in [0.25, 0.3) is 0 Å². The molecule has 1 N–H and O–H groups in total. The highest BCUT2D eigenvalue weighted by molar-refractivity contribution is 4.93. The lowest BCUT2D eigenvalue weighted by Gasteiger charge is -2.08. The second-order valence-corrected chi connectivity index (χ2v) is 3.33. The van der Waals surface area contributed by atoms with Gasteiger partial charge in [-0.25, -0.2) is 0 Å². The van der Waals surface area contributed by atoms with Gasteiger partial charge >= 0.3 is 0 Å². The third-order valence-electron chi connectivity index (χ3n) is 2.37. The third kappa shape index (κ3) is 2.52. The van der Waals surface area contributed by atoms with E-state index in [-0.39, 0.29) is 12.7 Å². The summed E-state index contributed by atoms with van der Waals surface area (Å²) in [5.41, 5.74) is 0. The molecule has 0 saturated heterocycles. The number of aromatic nitrogens is 3. The molecule has 0 saturated carbocycles. The Morgan fingerprint density at radius 3 is 2.57 bits per heavy atom. The first-order chi connectivity index (χ1) is 6.69. The number of nitrogens with zero attached hydrogens (tertiary/aromatic N) is 3. The Morgan fingerprint density at radius 1 is 1.43 bits per heavy atom. The zero-order chi connectivity index (χ0) is 10.6. The Bertz CT molecular complexity index is 286. The predicted octanol–water partition coefficient (Wildman–Crippen LogP) is 0.275. The van der Waals surface area contributed by atoms with Crippen molar-refractivity contribution in [1.82, 2.24) is 14.8 Å². The number of rotatable bonds is 5. The fourth-order valence-corrected chi connectivity index (χ4v) is 1.20. The van der Waals surface area contributed by atoms with Crippen molar-refractivity contribution < 1.29 is 9.84 Å². The lowest BCUT2D eigenvalue weighted by Crippen LogP contribution is -2.09. The van der Waals surface area contributed by atoms with Crippen molar-refractivity contribution in [2.75, 3.05) is 7.11 Å². The minimum atomic E-state index is -0.0661. The predicted molar refractivity (Wildman–Crippen MR) is 51.7 cm³/mol. The van der Waals surface area contributed by atoms with Gasteiger partial charge < -0.3 is 14.4 Å². The first-order valence-electron chi connectivity index (χ1n) is 4.69. The molecule has 0 aliphatic carbocycles. The van der Waals surface area contributed by atoms with Gasteiger partial charge in [-0.05, 0) is 13.3 Å². The van der Waals surface area contributed by atoms with Crippen LogP contribution in [0.2, 0.25) is 0 Å². The average molecular weight is 199 g/mol. The quantitative estimate of drug-likeness (QED) is 0.739. The van der Waals surface area contributed by atoms with Gasteiger partial charge in [-0.1, -0.05) is 0 Å². The van der Waals surface area contributed by atoms with Crippen LogP contribution in [0, 0.1) is 0 Å². The minimum Gasteiger partial charge on any atom is -0.388 e. The van der Waals surface area contributed by atoms with Crippen LogP contribution in [0.1, 0.15) is 25.0 Å². The van der Waals surface area contributed by atoms with E-state index in [0.717, 1.165) is 18.7 Å². The topological polar surface area (TPSA) is 60.2 Å². The molecule has 1 atom stereocenters. The smallest absolute Gasteiger partial charge is 0.158 e. The van der Waals surface area contributed by atoms with Gasteiger partial charge in [-0.2, -0.15) is 0 Å². The second-order valence-electron chi connectivity index (χ2n) is 3.33. The van der Waals surface area contributed by atoms with Gasteiger partial charge in [0.15, 0.2) is 5.82 Å². The molecule has 5 heteroatoms. The molecule has 14 heavy (non-hydrogen) atoms. The summed E-state index contributed by atoms with van der Waals surface area (Å²) in [5.74, 6) is 1.49. The van der Waals surface area contributed by atoms with E-state index in [9.17, 15) is 0 Å². The van der Waals surface area contributed by atoms with Crippen molar-refractivity contribution in [3.63, 3.8) is 0 Å². The summed E-state index contributed by atoms with van der Waals surface area (Å²) in [6.45, 7) is 1.95. The second kappa shape index (κ2) is 5.07. The van der Waals surface area contributed by atoms with Gasteiger partial charge in [0.2, 0.25) is 0 Å². The fourth-order valence-electron chi connectivity index (χ4n) is 1.20. The molecule has 0 radical (unpaired) electrons. The fraction of sp³-hybridized carbons (Fsp3) is 0.778. The zero-order valence-corrected chi connectivity index (χ0v) is 8.90. The molecule has 0 amide bonds. The van der Waals surface area contributed by atoms with Crippen molar-refractivity contribution in [3.05, 3.63) is 11.6 Å². The van der Waals surface area contributed by atoms with Crippen LogP contribution in [0.5, 0.6) is 0 Å². The Balaban J connectivity index is 2.54. The lowest BCUT2D eigenvalue weighted by atomic mass is 10.2. The molecule has 1 aromatic heterocycles. The minimum absolute atomic E-state index is 0.0661. The number of aliphatic hydroxyl groups is 1. The van der Waals surface area contributed by atoms with Crippen LogP contribution in [0.25, 0.3) is 0 Å². The molecule has 0 aliphatic rings. The van der Waals surface area contributed by atoms with E-state index >= 15 is 0 Å². The van der Waals surface area contributed by atoms with Gasteiger partial charge in [0.05, 0.1) is 6.10 Å². The number of hydrogen-bond donors (Lipinski definition) is 1. The maximum atomic E-state index is 8.91. The molecule has 0 spiro atoms. The van der Waals surface area contributed by atoms with Crippen molar-refractivity contribution >= 4 is 0 Å². The monoisotopic (exact) mass is 199 g/mol. The first kappa shape index (κ1) is 11.1. The summed E-state index contributed by atoms with van der Waals surface area (Å²) in [7, 11) is 3.55. The van der Waals surface area contributed by atoms with Crippen molar-refractivity contribution in [1.29, 1.82) is 0 Å². The van der Waals surface area contributed by atoms with Gasteiger partial charge in [0, 0.05) is 20.6 Å². The number of aryl methyl sites for hydroxylation is 1. The highest BCUT2D eigenvalue weighted by Gasteiger charge is 2.08. The van der Waals surface area contributed by atoms with Crippen LogP contribution >= 0.6 is 0 Å². The Labute approximate surface area is 83.7 Å². The van der Waals surface area contributed by atoms with Crippen LogP contribution in [-0.4, -0.2) is 33.1 Å². The highest BCUT2D eigenvalue weighted by Crippen LogP contribution is 2.05. The summed E-state index contributed by atoms with van der Waals surface area (Å²) >= 11 is 0. The summed E-state index contributed by atoms with van der Waals surface area (Å²) in [6, 6.07) is 0. The molecular formula is C9H17N3O2. The summed E-state index contributed by atoms with van der Waals surface area (Å²) in [6.07, 6.45) is 1.95. The lowest BCUT2D eigenvalue weighted by molar-refractivity contribution is 0.110. The number of ether oxygens (including phenoxy) is 1. The molecule has 5 nitrogen and oxygen atoms in total. The SMILES string of the molecule is COC(C)CCc1nnc(CO)n1C. The highest BCUT2D eigenvalue weighted by atomic mass is 16.5. The largest absolute Gasteiger partial charge is 0.388 e. The molecular weight excluding hydrogens is 182 g/mol. The van der Waals surface area contributed by atoms with Crippen LogP contribution < -0.4 is 0 Å². The Morgan fingerprint density at radius 2 is 2.07 bits per heavy atom. The molecule has 1 rings (SSSR count). The summed E-state index contributed by atoms with van der Waals surface area (Å²) < 4.78 is 6.96. The Kier molecular flexibility index (Phi) is 4.03. The number of methoxy groups -OCH3 is 1. The van der Waals surface area contributed by atoms with Crippen LogP contribution in [0.15, 0.2) is 0 Å². The van der Waals surface area contributed by atoms with Crippen molar-refractivity contribution in [2.24, 2.45) is 7.05 Å². The molecule has 0 fully saturated rings. The van der Waals surface area contributed by atoms with E-state index in [1.807, 2.05) is 18.5 Å². The molecule has 1 aromatic rings. The maximum Gasteiger partial charge on any atom is 0.158 e. The standard InChI is InChI=1S/C9H17N3O2/c1-7(14-3)4-5-8-10-11-9(6-13)12(8)2/h7,13H,4-6H2,1-3H3. The van der Waals surface area contributed by atoms with Gasteiger partial charge in [-0.3, -0.25) is 0 Å². The zero-order valence-electron chi connectivity index (χ0n) is 8.90. The van der Waals surface area contributed by atoms with E-state index < -0.39 is 0 Å². The first-order valence-corrected chi connectivity index (χ1v) is 4.69. The van der Waals surface area contributed by atoms with E-state index in [1.165, 1.54) is 0 Å². The average Bonchev–Trinajstić information content (AvgIpc) is 2.56. The van der Waals surface area contributed by atoms with E-state index in [2.05, 4.69) is 10.2 Å². The van der Waals surface area contributed by atoms with Crippen molar-refractivity contribution in [2.45, 2.75) is 32.5 Å². The van der Waals surface area contributed by atoms with E-state index in [4.69, 9.17) is 9.84 Å². The molecule has 0 bridgehead atoms. The van der Waals surface area contributed by atoms with Gasteiger partial charge in [0.1, 0.15) is 12.4 Å². The number of hydrogen-bond acceptors (Lipinski definition) is 4.